The maximum atomic E-state index is 13.9. The molecule has 1 heterocycles. The Morgan fingerprint density at radius 2 is 1.93 bits per heavy atom. The fraction of sp³-hybridized carbons (Fsp3) is 0.0526. The quantitative estimate of drug-likeness (QED) is 0.564. The van der Waals surface area contributed by atoms with Crippen LogP contribution in [-0.2, 0) is 9.84 Å². The van der Waals surface area contributed by atoms with Crippen molar-refractivity contribution in [1.82, 2.24) is 4.98 Å². The summed E-state index contributed by atoms with van der Waals surface area (Å²) in [6, 6.07) is 13.3. The first-order chi connectivity index (χ1) is 13.2. The summed E-state index contributed by atoms with van der Waals surface area (Å²) in [5.74, 6) is -0.534. The number of hydrogen-bond acceptors (Lipinski definition) is 5. The Hall–Kier alpha value is -2.78. The Kier molecular flexibility index (Phi) is 5.76. The molecule has 0 fully saturated rings. The second-order valence-corrected chi connectivity index (χ2v) is 8.74. The highest BCUT2D eigenvalue weighted by Crippen LogP contribution is 2.24. The number of amides is 1. The van der Waals surface area contributed by atoms with Gasteiger partial charge >= 0.3 is 0 Å². The maximum Gasteiger partial charge on any atom is 0.257 e. The number of carbonyl (C=O) groups is 1. The van der Waals surface area contributed by atoms with Crippen LogP contribution in [-0.4, -0.2) is 25.6 Å². The summed E-state index contributed by atoms with van der Waals surface area (Å²) >= 11 is 3.34. The van der Waals surface area contributed by atoms with Crippen LogP contribution < -0.4 is 10.1 Å². The van der Waals surface area contributed by atoms with Gasteiger partial charge in [0.2, 0.25) is 5.88 Å². The van der Waals surface area contributed by atoms with Crippen molar-refractivity contribution in [3.8, 4) is 11.6 Å². The summed E-state index contributed by atoms with van der Waals surface area (Å²) in [7, 11) is -3.53. The van der Waals surface area contributed by atoms with Gasteiger partial charge in [-0.15, -0.1) is 0 Å². The normalized spacial score (nSPS) is 11.1. The van der Waals surface area contributed by atoms with E-state index in [4.69, 9.17) is 4.74 Å². The molecule has 3 aromatic rings. The molecule has 0 aliphatic heterocycles. The van der Waals surface area contributed by atoms with Gasteiger partial charge in [-0.3, -0.25) is 4.79 Å². The Balaban J connectivity index is 1.75. The van der Waals surface area contributed by atoms with E-state index in [2.05, 4.69) is 26.2 Å². The molecular weight excluding hydrogens is 451 g/mol. The van der Waals surface area contributed by atoms with E-state index in [1.165, 1.54) is 18.3 Å². The van der Waals surface area contributed by atoms with Crippen molar-refractivity contribution >= 4 is 37.4 Å². The number of nitrogens with zero attached hydrogens (tertiary/aromatic N) is 1. The third-order valence-corrected chi connectivity index (χ3v) is 5.23. The van der Waals surface area contributed by atoms with Crippen molar-refractivity contribution in [3.63, 3.8) is 0 Å². The maximum absolute atomic E-state index is 13.9. The summed E-state index contributed by atoms with van der Waals surface area (Å²) in [4.78, 5) is 16.3. The highest BCUT2D eigenvalue weighted by atomic mass is 79.9. The Bertz CT molecular complexity index is 1130. The first-order valence-corrected chi connectivity index (χ1v) is 10.6. The zero-order valence-corrected chi connectivity index (χ0v) is 16.9. The highest BCUT2D eigenvalue weighted by molar-refractivity contribution is 9.10. The lowest BCUT2D eigenvalue weighted by atomic mass is 10.2. The lowest BCUT2D eigenvalue weighted by Gasteiger charge is -2.09. The number of nitrogens with one attached hydrogen (secondary N) is 1. The van der Waals surface area contributed by atoms with Gasteiger partial charge in [0.1, 0.15) is 11.6 Å². The Labute approximate surface area is 169 Å². The molecule has 0 unspecified atom stereocenters. The minimum absolute atomic E-state index is 0.0971. The molecule has 1 aromatic heterocycles. The van der Waals surface area contributed by atoms with Crippen LogP contribution in [0.2, 0.25) is 0 Å². The van der Waals surface area contributed by atoms with Gasteiger partial charge in [-0.1, -0.05) is 22.0 Å². The molecule has 1 N–H and O–H groups in total. The molecule has 28 heavy (non-hydrogen) atoms. The number of pyridine rings is 1. The third kappa shape index (κ3) is 4.93. The Morgan fingerprint density at radius 1 is 1.14 bits per heavy atom. The molecule has 6 nitrogen and oxygen atoms in total. The predicted octanol–water partition coefficient (Wildman–Crippen LogP) is 4.43. The van der Waals surface area contributed by atoms with Crippen LogP contribution in [0.5, 0.6) is 11.6 Å². The molecule has 3 rings (SSSR count). The second-order valence-electron chi connectivity index (χ2n) is 5.81. The van der Waals surface area contributed by atoms with Crippen molar-refractivity contribution in [2.24, 2.45) is 0 Å². The van der Waals surface area contributed by atoms with Gasteiger partial charge in [0.15, 0.2) is 9.84 Å². The fourth-order valence-electron chi connectivity index (χ4n) is 2.25. The van der Waals surface area contributed by atoms with Crippen LogP contribution in [0.3, 0.4) is 0 Å². The number of anilines is 1. The monoisotopic (exact) mass is 464 g/mol. The minimum Gasteiger partial charge on any atom is -0.439 e. The number of rotatable bonds is 5. The van der Waals surface area contributed by atoms with Crippen molar-refractivity contribution in [3.05, 3.63) is 76.6 Å². The van der Waals surface area contributed by atoms with Crippen LogP contribution in [0.1, 0.15) is 10.4 Å². The summed E-state index contributed by atoms with van der Waals surface area (Å²) in [6.07, 6.45) is 2.28. The number of hydrogen-bond donors (Lipinski definition) is 1. The molecular formula is C19H14BrFN2O4S. The van der Waals surface area contributed by atoms with Crippen LogP contribution in [0.15, 0.2) is 70.2 Å². The first kappa shape index (κ1) is 20.0. The molecule has 0 radical (unpaired) electrons. The lowest BCUT2D eigenvalue weighted by Crippen LogP contribution is -2.14. The predicted molar refractivity (Wildman–Crippen MR) is 106 cm³/mol. The molecule has 0 aliphatic carbocycles. The number of benzene rings is 2. The van der Waals surface area contributed by atoms with Gasteiger partial charge in [-0.25, -0.2) is 17.8 Å². The zero-order chi connectivity index (χ0) is 20.3. The van der Waals surface area contributed by atoms with Gasteiger partial charge in [-0.2, -0.15) is 0 Å². The van der Waals surface area contributed by atoms with Crippen molar-refractivity contribution in [2.45, 2.75) is 4.90 Å². The molecule has 0 aliphatic rings. The average molecular weight is 465 g/mol. The summed E-state index contributed by atoms with van der Waals surface area (Å²) in [6.45, 7) is 0. The van der Waals surface area contributed by atoms with Crippen LogP contribution in [0.25, 0.3) is 0 Å². The number of sulfone groups is 1. The van der Waals surface area contributed by atoms with E-state index < -0.39 is 21.6 Å². The van der Waals surface area contributed by atoms with Crippen LogP contribution >= 0.6 is 15.9 Å². The topological polar surface area (TPSA) is 85.4 Å². The van der Waals surface area contributed by atoms with E-state index in [1.54, 1.807) is 18.2 Å². The third-order valence-electron chi connectivity index (χ3n) is 3.63. The fourth-order valence-corrected chi connectivity index (χ4v) is 3.28. The smallest absolute Gasteiger partial charge is 0.257 e. The van der Waals surface area contributed by atoms with E-state index in [9.17, 15) is 17.6 Å². The van der Waals surface area contributed by atoms with Crippen LogP contribution in [0, 0.1) is 5.82 Å². The van der Waals surface area contributed by atoms with Crippen molar-refractivity contribution < 1.29 is 22.3 Å². The molecule has 0 bridgehead atoms. The van der Waals surface area contributed by atoms with E-state index in [1.807, 2.05) is 6.07 Å². The largest absolute Gasteiger partial charge is 0.439 e. The standard InChI is InChI=1S/C19H14BrFN2O4S/c1-28(25,26)15-6-7-16(21)17(10-15)23-19(24)12-5-8-18(22-11-12)27-14-4-2-3-13(20)9-14/h2-11H,1H3,(H,23,24). The second kappa shape index (κ2) is 8.07. The molecule has 0 saturated heterocycles. The number of ether oxygens (including phenoxy) is 1. The number of carbonyl (C=O) groups excluding carboxylic acids is 1. The first-order valence-electron chi connectivity index (χ1n) is 7.93. The number of aromatic nitrogens is 1. The molecule has 9 heteroatoms. The van der Waals surface area contributed by atoms with Gasteiger partial charge in [-0.05, 0) is 42.5 Å². The molecule has 2 aromatic carbocycles. The molecule has 1 amide bonds. The molecule has 144 valence electrons. The van der Waals surface area contributed by atoms with E-state index in [0.29, 0.717) is 5.75 Å². The molecule has 0 atom stereocenters. The SMILES string of the molecule is CS(=O)(=O)c1ccc(F)c(NC(=O)c2ccc(Oc3cccc(Br)c3)nc2)c1. The van der Waals surface area contributed by atoms with E-state index >= 15 is 0 Å². The summed E-state index contributed by atoms with van der Waals surface area (Å²) in [5, 5.41) is 2.35. The van der Waals surface area contributed by atoms with E-state index in [-0.39, 0.29) is 22.0 Å². The van der Waals surface area contributed by atoms with Gasteiger partial charge in [0.25, 0.3) is 5.91 Å². The van der Waals surface area contributed by atoms with Gasteiger partial charge in [0, 0.05) is 23.0 Å². The highest BCUT2D eigenvalue weighted by Gasteiger charge is 2.14. The van der Waals surface area contributed by atoms with Gasteiger partial charge in [0.05, 0.1) is 16.1 Å². The molecule has 0 saturated carbocycles. The molecule has 0 spiro atoms. The van der Waals surface area contributed by atoms with E-state index in [0.717, 1.165) is 28.9 Å². The summed E-state index contributed by atoms with van der Waals surface area (Å²) in [5.41, 5.74) is -0.0758. The lowest BCUT2D eigenvalue weighted by molar-refractivity contribution is 0.102. The zero-order valence-electron chi connectivity index (χ0n) is 14.5. The average Bonchev–Trinajstić information content (AvgIpc) is 2.63. The number of halogens is 2. The summed E-state index contributed by atoms with van der Waals surface area (Å²) < 4.78 is 43.6. The Morgan fingerprint density at radius 3 is 2.57 bits per heavy atom. The van der Waals surface area contributed by atoms with Gasteiger partial charge < -0.3 is 10.1 Å². The van der Waals surface area contributed by atoms with Crippen LogP contribution in [0.4, 0.5) is 10.1 Å². The minimum atomic E-state index is -3.53. The van der Waals surface area contributed by atoms with Crippen molar-refractivity contribution in [1.29, 1.82) is 0 Å². The van der Waals surface area contributed by atoms with Crippen molar-refractivity contribution in [2.75, 3.05) is 11.6 Å².